The second kappa shape index (κ2) is 4.94. The summed E-state index contributed by atoms with van der Waals surface area (Å²) in [7, 11) is 0. The first kappa shape index (κ1) is 12.8. The van der Waals surface area contributed by atoms with Crippen LogP contribution in [0.3, 0.4) is 0 Å². The van der Waals surface area contributed by atoms with Crippen molar-refractivity contribution in [2.45, 2.75) is 51.2 Å². The van der Waals surface area contributed by atoms with Crippen molar-refractivity contribution in [3.8, 4) is 0 Å². The summed E-state index contributed by atoms with van der Waals surface area (Å²) in [5.41, 5.74) is 5.95. The van der Waals surface area contributed by atoms with Gasteiger partial charge >= 0.3 is 0 Å². The molecule has 4 heteroatoms. The molecule has 2 rings (SSSR count). The fraction of sp³-hybridized carbons (Fsp3) is 0.923. The number of hydrogen-bond acceptors (Lipinski definition) is 3. The molecule has 1 heterocycles. The molecule has 1 aliphatic carbocycles. The zero-order valence-corrected chi connectivity index (χ0v) is 10.9. The molecule has 0 aromatic carbocycles. The fourth-order valence-corrected chi connectivity index (χ4v) is 2.70. The van der Waals surface area contributed by atoms with Gasteiger partial charge in [0, 0.05) is 26.1 Å². The maximum absolute atomic E-state index is 11.9. The Morgan fingerprint density at radius 1 is 1.41 bits per heavy atom. The summed E-state index contributed by atoms with van der Waals surface area (Å²) in [6.45, 7) is 6.36. The van der Waals surface area contributed by atoms with E-state index in [0.717, 1.165) is 39.0 Å². The second-order valence-electron chi connectivity index (χ2n) is 5.58. The van der Waals surface area contributed by atoms with Crippen molar-refractivity contribution in [1.29, 1.82) is 0 Å². The van der Waals surface area contributed by atoms with Gasteiger partial charge in [-0.05, 0) is 32.1 Å². The topological polar surface area (TPSA) is 55.6 Å². The highest BCUT2D eigenvalue weighted by atomic mass is 16.5. The molecule has 0 radical (unpaired) electrons. The Morgan fingerprint density at radius 2 is 2.06 bits per heavy atom. The van der Waals surface area contributed by atoms with E-state index in [4.69, 9.17) is 10.5 Å². The van der Waals surface area contributed by atoms with Crippen LogP contribution < -0.4 is 5.73 Å². The van der Waals surface area contributed by atoms with E-state index in [1.165, 1.54) is 0 Å². The molecule has 4 nitrogen and oxygen atoms in total. The first-order valence-electron chi connectivity index (χ1n) is 6.74. The molecule has 2 aliphatic rings. The summed E-state index contributed by atoms with van der Waals surface area (Å²) >= 11 is 0. The van der Waals surface area contributed by atoms with Crippen LogP contribution in [0.2, 0.25) is 0 Å². The third kappa shape index (κ3) is 2.80. The Morgan fingerprint density at radius 3 is 2.59 bits per heavy atom. The van der Waals surface area contributed by atoms with E-state index in [1.54, 1.807) is 0 Å². The number of amides is 1. The molecule has 17 heavy (non-hydrogen) atoms. The average Bonchev–Trinajstić information content (AvgIpc) is 2.21. The molecular formula is C13H24N2O2. The van der Waals surface area contributed by atoms with E-state index in [9.17, 15) is 4.79 Å². The predicted molar refractivity (Wildman–Crippen MR) is 66.5 cm³/mol. The number of likely N-dealkylation sites (tertiary alicyclic amines) is 1. The Bertz CT molecular complexity index is 281. The van der Waals surface area contributed by atoms with Gasteiger partial charge in [0.25, 0.3) is 0 Å². The van der Waals surface area contributed by atoms with E-state index < -0.39 is 0 Å². The van der Waals surface area contributed by atoms with E-state index in [-0.39, 0.29) is 11.4 Å². The minimum absolute atomic E-state index is 0.108. The molecule has 2 fully saturated rings. The van der Waals surface area contributed by atoms with E-state index in [0.29, 0.717) is 18.4 Å². The Labute approximate surface area is 103 Å². The zero-order chi connectivity index (χ0) is 12.5. The van der Waals surface area contributed by atoms with Crippen LogP contribution in [0.5, 0.6) is 0 Å². The molecular weight excluding hydrogens is 216 g/mol. The van der Waals surface area contributed by atoms with Crippen LogP contribution in [0.1, 0.15) is 39.5 Å². The lowest BCUT2D eigenvalue weighted by Crippen LogP contribution is -2.68. The van der Waals surface area contributed by atoms with Crippen LogP contribution in [0, 0.1) is 5.92 Å². The molecule has 1 aliphatic heterocycles. The van der Waals surface area contributed by atoms with Gasteiger partial charge in [0.05, 0.1) is 11.6 Å². The highest BCUT2D eigenvalue weighted by Crippen LogP contribution is 2.34. The summed E-state index contributed by atoms with van der Waals surface area (Å²) in [6, 6.07) is 0. The maximum Gasteiger partial charge on any atom is 0.222 e. The fourth-order valence-electron chi connectivity index (χ4n) is 2.70. The van der Waals surface area contributed by atoms with Crippen molar-refractivity contribution in [3.05, 3.63) is 0 Å². The number of carbonyl (C=O) groups excluding carboxylic acids is 1. The molecule has 98 valence electrons. The number of ether oxygens (including phenoxy) is 1. The summed E-state index contributed by atoms with van der Waals surface area (Å²) in [6.07, 6.45) is 4.14. The average molecular weight is 240 g/mol. The lowest BCUT2D eigenvalue weighted by Gasteiger charge is -2.48. The lowest BCUT2D eigenvalue weighted by molar-refractivity contribution is -0.142. The molecule has 0 spiro atoms. The van der Waals surface area contributed by atoms with E-state index >= 15 is 0 Å². The van der Waals surface area contributed by atoms with Crippen LogP contribution in [-0.4, -0.2) is 42.1 Å². The summed E-state index contributed by atoms with van der Waals surface area (Å²) in [4.78, 5) is 13.8. The van der Waals surface area contributed by atoms with Gasteiger partial charge in [-0.15, -0.1) is 0 Å². The van der Waals surface area contributed by atoms with Gasteiger partial charge < -0.3 is 15.4 Å². The Balaban J connectivity index is 1.64. The van der Waals surface area contributed by atoms with Crippen LogP contribution in [0.25, 0.3) is 0 Å². The molecule has 2 N–H and O–H groups in total. The van der Waals surface area contributed by atoms with Gasteiger partial charge in [0.2, 0.25) is 5.91 Å². The van der Waals surface area contributed by atoms with Crippen molar-refractivity contribution in [2.75, 3.05) is 19.7 Å². The largest absolute Gasteiger partial charge is 0.378 e. The minimum atomic E-state index is -0.108. The standard InChI is InChI=1S/C13H24N2O2/c1-3-13(14)8-15(9-13)12(16)7-10-5-11(6-10)17-4-2/h10-11H,3-9,14H2,1-2H3. The van der Waals surface area contributed by atoms with Crippen LogP contribution in [0.15, 0.2) is 0 Å². The third-order valence-electron chi connectivity index (χ3n) is 4.13. The van der Waals surface area contributed by atoms with Crippen molar-refractivity contribution in [2.24, 2.45) is 11.7 Å². The number of rotatable bonds is 5. The monoisotopic (exact) mass is 240 g/mol. The highest BCUT2D eigenvalue weighted by Gasteiger charge is 2.41. The van der Waals surface area contributed by atoms with Gasteiger partial charge in [0.15, 0.2) is 0 Å². The second-order valence-corrected chi connectivity index (χ2v) is 5.58. The van der Waals surface area contributed by atoms with Crippen LogP contribution in [0.4, 0.5) is 0 Å². The van der Waals surface area contributed by atoms with Crippen molar-refractivity contribution in [3.63, 3.8) is 0 Å². The summed E-state index contributed by atoms with van der Waals surface area (Å²) < 4.78 is 5.50. The highest BCUT2D eigenvalue weighted by molar-refractivity contribution is 5.77. The summed E-state index contributed by atoms with van der Waals surface area (Å²) in [5.74, 6) is 0.813. The molecule has 0 bridgehead atoms. The molecule has 0 aromatic heterocycles. The number of nitrogens with two attached hydrogens (primary N) is 1. The van der Waals surface area contributed by atoms with Gasteiger partial charge in [-0.3, -0.25) is 4.79 Å². The minimum Gasteiger partial charge on any atom is -0.378 e. The van der Waals surface area contributed by atoms with Crippen molar-refractivity contribution >= 4 is 5.91 Å². The molecule has 1 amide bonds. The van der Waals surface area contributed by atoms with Crippen LogP contribution >= 0.6 is 0 Å². The maximum atomic E-state index is 11.9. The summed E-state index contributed by atoms with van der Waals surface area (Å²) in [5, 5.41) is 0. The molecule has 1 saturated carbocycles. The molecule has 0 unspecified atom stereocenters. The Hall–Kier alpha value is -0.610. The molecule has 0 aromatic rings. The van der Waals surface area contributed by atoms with E-state index in [2.05, 4.69) is 6.92 Å². The normalized spacial score (nSPS) is 30.6. The van der Waals surface area contributed by atoms with Gasteiger partial charge in [-0.2, -0.15) is 0 Å². The number of carbonyl (C=O) groups is 1. The van der Waals surface area contributed by atoms with E-state index in [1.807, 2.05) is 11.8 Å². The smallest absolute Gasteiger partial charge is 0.222 e. The van der Waals surface area contributed by atoms with Gasteiger partial charge in [-0.1, -0.05) is 6.92 Å². The quantitative estimate of drug-likeness (QED) is 0.784. The molecule has 1 saturated heterocycles. The first-order valence-corrected chi connectivity index (χ1v) is 6.74. The third-order valence-corrected chi connectivity index (χ3v) is 4.13. The first-order chi connectivity index (χ1) is 8.06. The van der Waals surface area contributed by atoms with Gasteiger partial charge in [0.1, 0.15) is 0 Å². The lowest BCUT2D eigenvalue weighted by atomic mass is 9.79. The molecule has 0 atom stereocenters. The van der Waals surface area contributed by atoms with Crippen molar-refractivity contribution < 1.29 is 9.53 Å². The number of hydrogen-bond donors (Lipinski definition) is 1. The van der Waals surface area contributed by atoms with Crippen LogP contribution in [-0.2, 0) is 9.53 Å². The predicted octanol–water partition coefficient (Wildman–Crippen LogP) is 1.14. The van der Waals surface area contributed by atoms with Crippen molar-refractivity contribution in [1.82, 2.24) is 4.90 Å². The van der Waals surface area contributed by atoms with Gasteiger partial charge in [-0.25, -0.2) is 0 Å². The number of nitrogens with zero attached hydrogens (tertiary/aromatic N) is 1. The SMILES string of the molecule is CCOC1CC(CC(=O)N2CC(N)(CC)C2)C1. The Kier molecular flexibility index (Phi) is 3.73. The zero-order valence-electron chi connectivity index (χ0n) is 10.9.